The molecular formula is C7H14ClN3. The van der Waals surface area contributed by atoms with Crippen LogP contribution in [0.15, 0.2) is 5.10 Å². The predicted octanol–water partition coefficient (Wildman–Crippen LogP) is 1.50. The quantitative estimate of drug-likeness (QED) is 0.478. The lowest BCUT2D eigenvalue weighted by molar-refractivity contribution is 0.204. The molecule has 0 radical (unpaired) electrons. The van der Waals surface area contributed by atoms with Gasteiger partial charge >= 0.3 is 0 Å². The molecule has 0 fully saturated rings. The van der Waals surface area contributed by atoms with E-state index in [1.54, 1.807) is 6.34 Å². The van der Waals surface area contributed by atoms with Gasteiger partial charge < -0.3 is 4.90 Å². The smallest absolute Gasteiger partial charge is 0.195 e. The van der Waals surface area contributed by atoms with Crippen molar-refractivity contribution in [3.8, 4) is 0 Å². The van der Waals surface area contributed by atoms with Crippen LogP contribution in [0.1, 0.15) is 20.3 Å². The molecule has 1 atom stereocenters. The van der Waals surface area contributed by atoms with Crippen LogP contribution >= 0.6 is 11.6 Å². The van der Waals surface area contributed by atoms with E-state index in [4.69, 9.17) is 11.6 Å². The van der Waals surface area contributed by atoms with E-state index >= 15 is 0 Å². The second kappa shape index (κ2) is 3.81. The second-order valence-corrected chi connectivity index (χ2v) is 2.93. The molecule has 1 aliphatic rings. The van der Waals surface area contributed by atoms with Crippen LogP contribution in [0.3, 0.4) is 0 Å². The Bertz CT molecular complexity index is 149. The van der Waals surface area contributed by atoms with E-state index in [1.165, 1.54) is 0 Å². The fourth-order valence-electron chi connectivity index (χ4n) is 1.04. The van der Waals surface area contributed by atoms with Crippen molar-refractivity contribution in [2.75, 3.05) is 13.1 Å². The Kier molecular flexibility index (Phi) is 3.00. The third-order valence-electron chi connectivity index (χ3n) is 1.69. The normalized spacial score (nSPS) is 23.4. The molecule has 0 aromatic carbocycles. The van der Waals surface area contributed by atoms with Gasteiger partial charge in [-0.25, -0.2) is 0 Å². The van der Waals surface area contributed by atoms with Crippen molar-refractivity contribution in [1.82, 2.24) is 9.91 Å². The highest BCUT2D eigenvalue weighted by atomic mass is 35.5. The van der Waals surface area contributed by atoms with E-state index < -0.39 is 0 Å². The van der Waals surface area contributed by atoms with Gasteiger partial charge in [-0.1, -0.05) is 18.5 Å². The standard InChI is InChI=1S/C7H14ClN3/c1-3-5-11-7(8)10(4-2)6-9-11/h6-7H,3-5H2,1-2H3. The number of rotatable bonds is 3. The molecule has 11 heavy (non-hydrogen) atoms. The number of alkyl halides is 1. The maximum absolute atomic E-state index is 6.05. The van der Waals surface area contributed by atoms with E-state index in [9.17, 15) is 0 Å². The van der Waals surface area contributed by atoms with Crippen LogP contribution in [0.2, 0.25) is 0 Å². The molecule has 1 unspecified atom stereocenters. The SMILES string of the molecule is CCCN1N=CN(CC)C1Cl. The maximum atomic E-state index is 6.05. The minimum Gasteiger partial charge on any atom is -0.327 e. The molecule has 64 valence electrons. The Morgan fingerprint density at radius 2 is 2.27 bits per heavy atom. The molecule has 0 bridgehead atoms. The van der Waals surface area contributed by atoms with Gasteiger partial charge in [0, 0.05) is 13.1 Å². The monoisotopic (exact) mass is 175 g/mol. The largest absolute Gasteiger partial charge is 0.327 e. The van der Waals surface area contributed by atoms with Gasteiger partial charge in [0.15, 0.2) is 5.62 Å². The summed E-state index contributed by atoms with van der Waals surface area (Å²) in [5.41, 5.74) is -0.0695. The highest BCUT2D eigenvalue weighted by Gasteiger charge is 2.22. The molecular weight excluding hydrogens is 162 g/mol. The van der Waals surface area contributed by atoms with Gasteiger partial charge in [-0.2, -0.15) is 5.10 Å². The summed E-state index contributed by atoms with van der Waals surface area (Å²) >= 11 is 6.05. The van der Waals surface area contributed by atoms with Crippen molar-refractivity contribution in [2.45, 2.75) is 25.9 Å². The Morgan fingerprint density at radius 1 is 1.55 bits per heavy atom. The minimum atomic E-state index is -0.0695. The van der Waals surface area contributed by atoms with Crippen LogP contribution in [0, 0.1) is 0 Å². The summed E-state index contributed by atoms with van der Waals surface area (Å²) in [7, 11) is 0. The fourth-order valence-corrected chi connectivity index (χ4v) is 1.38. The van der Waals surface area contributed by atoms with Gasteiger partial charge in [-0.05, 0) is 13.3 Å². The van der Waals surface area contributed by atoms with Gasteiger partial charge in [0.05, 0.1) is 0 Å². The summed E-state index contributed by atoms with van der Waals surface area (Å²) in [4.78, 5) is 2.00. The molecule has 0 aromatic rings. The zero-order chi connectivity index (χ0) is 8.27. The predicted molar refractivity (Wildman–Crippen MR) is 47.5 cm³/mol. The molecule has 0 spiro atoms. The maximum Gasteiger partial charge on any atom is 0.195 e. The van der Waals surface area contributed by atoms with Gasteiger partial charge in [0.1, 0.15) is 6.34 Å². The molecule has 1 rings (SSSR count). The average molecular weight is 176 g/mol. The van der Waals surface area contributed by atoms with Crippen LogP contribution in [0.5, 0.6) is 0 Å². The first-order valence-electron chi connectivity index (χ1n) is 4.00. The summed E-state index contributed by atoms with van der Waals surface area (Å²) in [6, 6.07) is 0. The summed E-state index contributed by atoms with van der Waals surface area (Å²) in [5.74, 6) is 0. The van der Waals surface area contributed by atoms with Gasteiger partial charge in [-0.3, -0.25) is 5.01 Å². The zero-order valence-corrected chi connectivity index (χ0v) is 7.75. The van der Waals surface area contributed by atoms with Gasteiger partial charge in [0.2, 0.25) is 0 Å². The van der Waals surface area contributed by atoms with E-state index in [0.717, 1.165) is 19.5 Å². The minimum absolute atomic E-state index is 0.0695. The first-order chi connectivity index (χ1) is 5.29. The molecule has 1 aliphatic heterocycles. The number of halogens is 1. The highest BCUT2D eigenvalue weighted by Crippen LogP contribution is 2.15. The lowest BCUT2D eigenvalue weighted by atomic mass is 10.5. The third kappa shape index (κ3) is 1.77. The Labute approximate surface area is 72.6 Å². The summed E-state index contributed by atoms with van der Waals surface area (Å²) < 4.78 is 0. The molecule has 1 heterocycles. The molecule has 0 amide bonds. The number of hydrogen-bond donors (Lipinski definition) is 0. The topological polar surface area (TPSA) is 18.8 Å². The molecule has 0 aromatic heterocycles. The van der Waals surface area contributed by atoms with Crippen LogP contribution in [0.25, 0.3) is 0 Å². The Balaban J connectivity index is 2.42. The average Bonchev–Trinajstić information content (AvgIpc) is 2.34. The Hall–Kier alpha value is -0.440. The summed E-state index contributed by atoms with van der Waals surface area (Å²) in [6.45, 7) is 6.03. The van der Waals surface area contributed by atoms with Crippen molar-refractivity contribution < 1.29 is 0 Å². The van der Waals surface area contributed by atoms with Crippen LogP contribution in [-0.4, -0.2) is 35.0 Å². The lowest BCUT2D eigenvalue weighted by Gasteiger charge is -2.23. The van der Waals surface area contributed by atoms with Crippen molar-refractivity contribution in [3.63, 3.8) is 0 Å². The van der Waals surface area contributed by atoms with E-state index in [-0.39, 0.29) is 5.62 Å². The van der Waals surface area contributed by atoms with Crippen molar-refractivity contribution in [1.29, 1.82) is 0 Å². The van der Waals surface area contributed by atoms with Gasteiger partial charge in [-0.15, -0.1) is 0 Å². The highest BCUT2D eigenvalue weighted by molar-refractivity contribution is 6.20. The number of hydrogen-bond acceptors (Lipinski definition) is 3. The van der Waals surface area contributed by atoms with Crippen LogP contribution < -0.4 is 0 Å². The Morgan fingerprint density at radius 3 is 2.73 bits per heavy atom. The molecule has 0 saturated heterocycles. The molecule has 0 saturated carbocycles. The first kappa shape index (κ1) is 8.65. The number of nitrogens with zero attached hydrogens (tertiary/aromatic N) is 3. The second-order valence-electron chi connectivity index (χ2n) is 2.54. The summed E-state index contributed by atoms with van der Waals surface area (Å²) in [6.07, 6.45) is 2.88. The zero-order valence-electron chi connectivity index (χ0n) is 7.00. The van der Waals surface area contributed by atoms with Crippen molar-refractivity contribution >= 4 is 17.9 Å². The van der Waals surface area contributed by atoms with Crippen molar-refractivity contribution in [2.24, 2.45) is 5.10 Å². The third-order valence-corrected chi connectivity index (χ3v) is 2.16. The molecule has 3 nitrogen and oxygen atoms in total. The van der Waals surface area contributed by atoms with Crippen molar-refractivity contribution in [3.05, 3.63) is 0 Å². The number of hydrazone groups is 1. The first-order valence-corrected chi connectivity index (χ1v) is 4.43. The lowest BCUT2D eigenvalue weighted by Crippen LogP contribution is -2.35. The van der Waals surface area contributed by atoms with E-state index in [1.807, 2.05) is 9.91 Å². The molecule has 4 heteroatoms. The molecule has 0 aliphatic carbocycles. The fraction of sp³-hybridized carbons (Fsp3) is 0.857. The van der Waals surface area contributed by atoms with Crippen LogP contribution in [-0.2, 0) is 0 Å². The van der Waals surface area contributed by atoms with Crippen LogP contribution in [0.4, 0.5) is 0 Å². The van der Waals surface area contributed by atoms with Gasteiger partial charge in [0.25, 0.3) is 0 Å². The van der Waals surface area contributed by atoms with E-state index in [0.29, 0.717) is 0 Å². The molecule has 0 N–H and O–H groups in total. The van der Waals surface area contributed by atoms with E-state index in [2.05, 4.69) is 18.9 Å². The summed E-state index contributed by atoms with van der Waals surface area (Å²) in [5, 5.41) is 6.05.